The Morgan fingerprint density at radius 3 is 2.29 bits per heavy atom. The van der Waals surface area contributed by atoms with Gasteiger partial charge in [0, 0.05) is 11.6 Å². The van der Waals surface area contributed by atoms with Crippen molar-refractivity contribution < 1.29 is 9.84 Å². The van der Waals surface area contributed by atoms with Crippen LogP contribution >= 0.6 is 0 Å². The number of hydrogen-bond acceptors (Lipinski definition) is 3. The molecule has 0 fully saturated rings. The molecule has 0 aliphatic heterocycles. The van der Waals surface area contributed by atoms with E-state index in [0.717, 1.165) is 5.56 Å². The molecule has 3 heteroatoms. The lowest BCUT2D eigenvalue weighted by Gasteiger charge is -2.22. The van der Waals surface area contributed by atoms with Crippen molar-refractivity contribution >= 4 is 5.69 Å². The molecule has 1 aromatic rings. The van der Waals surface area contributed by atoms with Gasteiger partial charge in [-0.3, -0.25) is 0 Å². The number of methoxy groups -OCH3 is 1. The standard InChI is InChI=1S/C11H17NO2/c1-11(2,3)7-5-9(13)8(12)6-10(7)14-4/h5-6,13H,12H2,1-4H3. The molecule has 0 amide bonds. The number of nitrogen functional groups attached to an aromatic ring is 1. The first kappa shape index (κ1) is 10.7. The summed E-state index contributed by atoms with van der Waals surface area (Å²) >= 11 is 0. The fourth-order valence-corrected chi connectivity index (χ4v) is 1.34. The van der Waals surface area contributed by atoms with Crippen molar-refractivity contribution in [3.05, 3.63) is 17.7 Å². The van der Waals surface area contributed by atoms with E-state index in [2.05, 4.69) is 20.8 Å². The molecule has 0 aliphatic rings. The summed E-state index contributed by atoms with van der Waals surface area (Å²) in [6, 6.07) is 3.31. The van der Waals surface area contributed by atoms with Gasteiger partial charge < -0.3 is 15.6 Å². The summed E-state index contributed by atoms with van der Waals surface area (Å²) < 4.78 is 5.22. The third-order valence-corrected chi connectivity index (χ3v) is 2.16. The molecule has 0 atom stereocenters. The Morgan fingerprint density at radius 1 is 1.29 bits per heavy atom. The molecule has 0 saturated heterocycles. The molecular formula is C11H17NO2. The van der Waals surface area contributed by atoms with Crippen LogP contribution in [0.15, 0.2) is 12.1 Å². The summed E-state index contributed by atoms with van der Waals surface area (Å²) in [5, 5.41) is 9.50. The van der Waals surface area contributed by atoms with Crippen LogP contribution in [0.3, 0.4) is 0 Å². The van der Waals surface area contributed by atoms with E-state index in [0.29, 0.717) is 11.4 Å². The Kier molecular flexibility index (Phi) is 2.60. The van der Waals surface area contributed by atoms with Crippen molar-refractivity contribution in [3.8, 4) is 11.5 Å². The number of nitrogens with two attached hydrogens (primary N) is 1. The second kappa shape index (κ2) is 3.40. The zero-order valence-corrected chi connectivity index (χ0v) is 9.09. The highest BCUT2D eigenvalue weighted by Crippen LogP contribution is 2.37. The van der Waals surface area contributed by atoms with Crippen LogP contribution in [0.5, 0.6) is 11.5 Å². The molecule has 0 aliphatic carbocycles. The molecule has 0 radical (unpaired) electrons. The smallest absolute Gasteiger partial charge is 0.139 e. The first-order valence-corrected chi connectivity index (χ1v) is 4.53. The highest BCUT2D eigenvalue weighted by molar-refractivity contribution is 5.59. The van der Waals surface area contributed by atoms with Crippen molar-refractivity contribution in [2.24, 2.45) is 0 Å². The van der Waals surface area contributed by atoms with E-state index < -0.39 is 0 Å². The Bertz CT molecular complexity index is 340. The molecule has 3 N–H and O–H groups in total. The maximum Gasteiger partial charge on any atom is 0.139 e. The monoisotopic (exact) mass is 195 g/mol. The van der Waals surface area contributed by atoms with E-state index in [-0.39, 0.29) is 11.2 Å². The SMILES string of the molecule is COc1cc(N)c(O)cc1C(C)(C)C. The lowest BCUT2D eigenvalue weighted by Crippen LogP contribution is -2.13. The maximum absolute atomic E-state index is 9.50. The van der Waals surface area contributed by atoms with Crippen molar-refractivity contribution in [2.75, 3.05) is 12.8 Å². The molecule has 0 unspecified atom stereocenters. The van der Waals surface area contributed by atoms with Gasteiger partial charge in [0.25, 0.3) is 0 Å². The Hall–Kier alpha value is -1.38. The largest absolute Gasteiger partial charge is 0.506 e. The van der Waals surface area contributed by atoms with Gasteiger partial charge in [0.1, 0.15) is 11.5 Å². The zero-order chi connectivity index (χ0) is 10.9. The number of hydrogen-bond donors (Lipinski definition) is 2. The van der Waals surface area contributed by atoms with Crippen LogP contribution in [-0.2, 0) is 5.41 Å². The summed E-state index contributed by atoms with van der Waals surface area (Å²) in [7, 11) is 1.60. The number of phenols is 1. The molecule has 0 spiro atoms. The quantitative estimate of drug-likeness (QED) is 0.534. The zero-order valence-electron chi connectivity index (χ0n) is 9.09. The fourth-order valence-electron chi connectivity index (χ4n) is 1.34. The molecule has 0 aromatic heterocycles. The summed E-state index contributed by atoms with van der Waals surface area (Å²) in [5.74, 6) is 0.823. The Morgan fingerprint density at radius 2 is 1.86 bits per heavy atom. The summed E-state index contributed by atoms with van der Waals surface area (Å²) in [6.07, 6.45) is 0. The second-order valence-electron chi connectivity index (χ2n) is 4.36. The Labute approximate surface area is 84.5 Å². The van der Waals surface area contributed by atoms with Gasteiger partial charge in [-0.2, -0.15) is 0 Å². The van der Waals surface area contributed by atoms with E-state index >= 15 is 0 Å². The van der Waals surface area contributed by atoms with Gasteiger partial charge in [-0.15, -0.1) is 0 Å². The van der Waals surface area contributed by atoms with Crippen LogP contribution < -0.4 is 10.5 Å². The van der Waals surface area contributed by atoms with Gasteiger partial charge in [-0.25, -0.2) is 0 Å². The van der Waals surface area contributed by atoms with Crippen LogP contribution in [0.25, 0.3) is 0 Å². The van der Waals surface area contributed by atoms with Gasteiger partial charge in [0.2, 0.25) is 0 Å². The van der Waals surface area contributed by atoms with Crippen LogP contribution in [0.4, 0.5) is 5.69 Å². The molecule has 1 aromatic carbocycles. The van der Waals surface area contributed by atoms with E-state index in [4.69, 9.17) is 10.5 Å². The van der Waals surface area contributed by atoms with Crippen molar-refractivity contribution in [3.63, 3.8) is 0 Å². The molecule has 0 bridgehead atoms. The highest BCUT2D eigenvalue weighted by atomic mass is 16.5. The second-order valence-corrected chi connectivity index (χ2v) is 4.36. The third-order valence-electron chi connectivity index (χ3n) is 2.16. The molecule has 78 valence electrons. The number of ether oxygens (including phenoxy) is 1. The van der Waals surface area contributed by atoms with E-state index in [1.165, 1.54) is 0 Å². The van der Waals surface area contributed by atoms with Crippen LogP contribution in [0, 0.1) is 0 Å². The topological polar surface area (TPSA) is 55.5 Å². The average molecular weight is 195 g/mol. The van der Waals surface area contributed by atoms with Gasteiger partial charge >= 0.3 is 0 Å². The molecular weight excluding hydrogens is 178 g/mol. The number of anilines is 1. The number of benzene rings is 1. The van der Waals surface area contributed by atoms with Gasteiger partial charge in [0.15, 0.2) is 0 Å². The number of aromatic hydroxyl groups is 1. The van der Waals surface area contributed by atoms with Crippen molar-refractivity contribution in [1.29, 1.82) is 0 Å². The Balaban J connectivity index is 3.35. The molecule has 3 nitrogen and oxygen atoms in total. The fraction of sp³-hybridized carbons (Fsp3) is 0.455. The van der Waals surface area contributed by atoms with E-state index in [9.17, 15) is 5.11 Å². The normalized spacial score (nSPS) is 11.4. The predicted molar refractivity (Wildman–Crippen MR) is 57.8 cm³/mol. The number of phenolic OH excluding ortho intramolecular Hbond substituents is 1. The minimum atomic E-state index is -0.0729. The van der Waals surface area contributed by atoms with Crippen LogP contribution in [0.2, 0.25) is 0 Å². The molecule has 14 heavy (non-hydrogen) atoms. The number of rotatable bonds is 1. The van der Waals surface area contributed by atoms with Crippen molar-refractivity contribution in [1.82, 2.24) is 0 Å². The molecule has 0 saturated carbocycles. The highest BCUT2D eigenvalue weighted by Gasteiger charge is 2.20. The van der Waals surface area contributed by atoms with Crippen molar-refractivity contribution in [2.45, 2.75) is 26.2 Å². The minimum Gasteiger partial charge on any atom is -0.506 e. The summed E-state index contributed by atoms with van der Waals surface area (Å²) in [4.78, 5) is 0. The maximum atomic E-state index is 9.50. The average Bonchev–Trinajstić information content (AvgIpc) is 2.07. The van der Waals surface area contributed by atoms with Crippen LogP contribution in [0.1, 0.15) is 26.3 Å². The summed E-state index contributed by atoms with van der Waals surface area (Å²) in [5.41, 5.74) is 6.80. The van der Waals surface area contributed by atoms with Gasteiger partial charge in [-0.1, -0.05) is 20.8 Å². The molecule has 1 rings (SSSR count). The third kappa shape index (κ3) is 1.92. The predicted octanol–water partition coefficient (Wildman–Crippen LogP) is 2.28. The van der Waals surface area contributed by atoms with Gasteiger partial charge in [-0.05, 0) is 11.5 Å². The lowest BCUT2D eigenvalue weighted by molar-refractivity contribution is 0.394. The minimum absolute atomic E-state index is 0.0729. The lowest BCUT2D eigenvalue weighted by atomic mass is 9.86. The van der Waals surface area contributed by atoms with E-state index in [1.54, 1.807) is 19.2 Å². The van der Waals surface area contributed by atoms with E-state index in [1.807, 2.05) is 0 Å². The van der Waals surface area contributed by atoms with Gasteiger partial charge in [0.05, 0.1) is 12.8 Å². The summed E-state index contributed by atoms with van der Waals surface area (Å²) in [6.45, 7) is 6.17. The first-order valence-electron chi connectivity index (χ1n) is 4.53. The molecule has 0 heterocycles. The first-order chi connectivity index (χ1) is 6.36. The van der Waals surface area contributed by atoms with Crippen LogP contribution in [-0.4, -0.2) is 12.2 Å².